The third kappa shape index (κ3) is 3.08. The monoisotopic (exact) mass is 268 g/mol. The summed E-state index contributed by atoms with van der Waals surface area (Å²) in [6.07, 6.45) is 1.87. The van der Waals surface area contributed by atoms with Crippen molar-refractivity contribution < 1.29 is 0 Å². The number of aromatic nitrogens is 1. The molecule has 1 aliphatic rings. The molecule has 4 heteroatoms. The van der Waals surface area contributed by atoms with Crippen molar-refractivity contribution in [2.75, 3.05) is 43.4 Å². The lowest BCUT2D eigenvalue weighted by atomic mass is 10.2. The third-order valence-electron chi connectivity index (χ3n) is 3.66. The molecule has 104 valence electrons. The Morgan fingerprint density at radius 1 is 1.00 bits per heavy atom. The van der Waals surface area contributed by atoms with E-state index in [2.05, 4.69) is 39.3 Å². The number of para-hydroxylation sites is 1. The zero-order valence-corrected chi connectivity index (χ0v) is 11.8. The van der Waals surface area contributed by atoms with E-state index in [-0.39, 0.29) is 0 Å². The third-order valence-corrected chi connectivity index (χ3v) is 3.66. The van der Waals surface area contributed by atoms with Crippen LogP contribution in [-0.4, -0.2) is 43.1 Å². The molecule has 20 heavy (non-hydrogen) atoms. The highest BCUT2D eigenvalue weighted by Gasteiger charge is 2.14. The molecular formula is C16H20N4. The van der Waals surface area contributed by atoms with Crippen LogP contribution in [0.25, 0.3) is 0 Å². The summed E-state index contributed by atoms with van der Waals surface area (Å²) < 4.78 is 0. The molecule has 0 bridgehead atoms. The van der Waals surface area contributed by atoms with Crippen LogP contribution in [0.4, 0.5) is 17.2 Å². The molecule has 1 N–H and O–H groups in total. The van der Waals surface area contributed by atoms with Gasteiger partial charge in [-0.1, -0.05) is 18.2 Å². The smallest absolute Gasteiger partial charge is 0.132 e. The topological polar surface area (TPSA) is 31.4 Å². The number of nitrogens with zero attached hydrogens (tertiary/aromatic N) is 3. The van der Waals surface area contributed by atoms with Crippen molar-refractivity contribution in [1.29, 1.82) is 0 Å². The van der Waals surface area contributed by atoms with Gasteiger partial charge in [0.1, 0.15) is 5.82 Å². The highest BCUT2D eigenvalue weighted by Crippen LogP contribution is 2.21. The van der Waals surface area contributed by atoms with Crippen LogP contribution in [0.1, 0.15) is 0 Å². The maximum atomic E-state index is 4.40. The number of likely N-dealkylation sites (N-methyl/N-ethyl adjacent to an activating group) is 1. The first-order valence-corrected chi connectivity index (χ1v) is 7.03. The van der Waals surface area contributed by atoms with Crippen LogP contribution in [0.2, 0.25) is 0 Å². The molecule has 1 aromatic carbocycles. The largest absolute Gasteiger partial charge is 0.369 e. The Kier molecular flexibility index (Phi) is 3.83. The maximum absolute atomic E-state index is 4.40. The van der Waals surface area contributed by atoms with Gasteiger partial charge in [0.2, 0.25) is 0 Å². The van der Waals surface area contributed by atoms with Crippen LogP contribution in [0.5, 0.6) is 0 Å². The molecule has 0 aliphatic carbocycles. The van der Waals surface area contributed by atoms with E-state index in [1.807, 2.05) is 36.5 Å². The Hall–Kier alpha value is -2.07. The second-order valence-corrected chi connectivity index (χ2v) is 5.18. The van der Waals surface area contributed by atoms with Crippen molar-refractivity contribution in [1.82, 2.24) is 9.88 Å². The molecular weight excluding hydrogens is 248 g/mol. The van der Waals surface area contributed by atoms with Gasteiger partial charge in [-0.15, -0.1) is 0 Å². The highest BCUT2D eigenvalue weighted by atomic mass is 15.2. The SMILES string of the molecule is CN1CCN(c2ccnc(Nc3ccccc3)c2)CC1. The Morgan fingerprint density at radius 2 is 1.75 bits per heavy atom. The van der Waals surface area contributed by atoms with Gasteiger partial charge in [0, 0.05) is 49.8 Å². The molecule has 0 amide bonds. The summed E-state index contributed by atoms with van der Waals surface area (Å²) >= 11 is 0. The van der Waals surface area contributed by atoms with Crippen molar-refractivity contribution in [3.05, 3.63) is 48.7 Å². The minimum atomic E-state index is 0.896. The molecule has 1 aromatic heterocycles. The average Bonchev–Trinajstić information content (AvgIpc) is 2.49. The Balaban J connectivity index is 1.73. The van der Waals surface area contributed by atoms with Gasteiger partial charge in [-0.05, 0) is 25.2 Å². The maximum Gasteiger partial charge on any atom is 0.132 e. The standard InChI is InChI=1S/C16H20N4/c1-19-9-11-20(12-10-19)15-7-8-17-16(13-15)18-14-5-3-2-4-6-14/h2-8,13H,9-12H2,1H3,(H,17,18). The quantitative estimate of drug-likeness (QED) is 0.927. The molecule has 0 atom stereocenters. The van der Waals surface area contributed by atoms with E-state index >= 15 is 0 Å². The number of nitrogens with one attached hydrogen (secondary N) is 1. The number of rotatable bonds is 3. The van der Waals surface area contributed by atoms with Gasteiger partial charge in [-0.2, -0.15) is 0 Å². The van der Waals surface area contributed by atoms with Crippen LogP contribution in [0.15, 0.2) is 48.7 Å². The Labute approximate surface area is 120 Å². The summed E-state index contributed by atoms with van der Waals surface area (Å²) in [5, 5.41) is 3.34. The number of pyridine rings is 1. The molecule has 1 fully saturated rings. The van der Waals surface area contributed by atoms with Crippen molar-refractivity contribution in [3.8, 4) is 0 Å². The van der Waals surface area contributed by atoms with Gasteiger partial charge < -0.3 is 15.1 Å². The predicted molar refractivity (Wildman–Crippen MR) is 83.7 cm³/mol. The lowest BCUT2D eigenvalue weighted by Crippen LogP contribution is -2.44. The van der Waals surface area contributed by atoms with E-state index in [9.17, 15) is 0 Å². The van der Waals surface area contributed by atoms with Gasteiger partial charge in [0.25, 0.3) is 0 Å². The number of hydrogen-bond donors (Lipinski definition) is 1. The van der Waals surface area contributed by atoms with Gasteiger partial charge in [0.05, 0.1) is 0 Å². The molecule has 1 saturated heterocycles. The van der Waals surface area contributed by atoms with E-state index in [1.165, 1.54) is 5.69 Å². The predicted octanol–water partition coefficient (Wildman–Crippen LogP) is 2.58. The first-order chi connectivity index (χ1) is 9.81. The van der Waals surface area contributed by atoms with Crippen LogP contribution in [0, 0.1) is 0 Å². The van der Waals surface area contributed by atoms with Crippen molar-refractivity contribution in [3.63, 3.8) is 0 Å². The molecule has 0 radical (unpaired) electrons. The second-order valence-electron chi connectivity index (χ2n) is 5.18. The summed E-state index contributed by atoms with van der Waals surface area (Å²) in [5.74, 6) is 0.896. The average molecular weight is 268 g/mol. The fourth-order valence-corrected chi connectivity index (χ4v) is 2.42. The minimum absolute atomic E-state index is 0.896. The lowest BCUT2D eigenvalue weighted by molar-refractivity contribution is 0.313. The Bertz CT molecular complexity index is 547. The van der Waals surface area contributed by atoms with Crippen molar-refractivity contribution >= 4 is 17.2 Å². The van der Waals surface area contributed by atoms with Gasteiger partial charge >= 0.3 is 0 Å². The van der Waals surface area contributed by atoms with Gasteiger partial charge in [-0.3, -0.25) is 0 Å². The molecule has 0 unspecified atom stereocenters. The fourth-order valence-electron chi connectivity index (χ4n) is 2.42. The molecule has 1 aliphatic heterocycles. The normalized spacial score (nSPS) is 16.1. The molecule has 0 saturated carbocycles. The summed E-state index contributed by atoms with van der Waals surface area (Å²) in [4.78, 5) is 9.17. The summed E-state index contributed by atoms with van der Waals surface area (Å²) in [7, 11) is 2.17. The lowest BCUT2D eigenvalue weighted by Gasteiger charge is -2.34. The Morgan fingerprint density at radius 3 is 2.50 bits per heavy atom. The van der Waals surface area contributed by atoms with Crippen molar-refractivity contribution in [2.45, 2.75) is 0 Å². The number of piperazine rings is 1. The van der Waals surface area contributed by atoms with Crippen LogP contribution < -0.4 is 10.2 Å². The first-order valence-electron chi connectivity index (χ1n) is 7.03. The molecule has 3 rings (SSSR count). The first kappa shape index (κ1) is 12.9. The van der Waals surface area contributed by atoms with Crippen molar-refractivity contribution in [2.24, 2.45) is 0 Å². The molecule has 0 spiro atoms. The number of benzene rings is 1. The number of hydrogen-bond acceptors (Lipinski definition) is 4. The van der Waals surface area contributed by atoms with Crippen LogP contribution in [-0.2, 0) is 0 Å². The highest BCUT2D eigenvalue weighted by molar-refractivity contribution is 5.61. The van der Waals surface area contributed by atoms with E-state index in [0.717, 1.165) is 37.7 Å². The van der Waals surface area contributed by atoms with Gasteiger partial charge in [-0.25, -0.2) is 4.98 Å². The summed E-state index contributed by atoms with van der Waals surface area (Å²) in [6, 6.07) is 14.4. The fraction of sp³-hybridized carbons (Fsp3) is 0.312. The van der Waals surface area contributed by atoms with Gasteiger partial charge in [0.15, 0.2) is 0 Å². The van der Waals surface area contributed by atoms with Crippen LogP contribution >= 0.6 is 0 Å². The number of anilines is 3. The van der Waals surface area contributed by atoms with E-state index < -0.39 is 0 Å². The zero-order valence-electron chi connectivity index (χ0n) is 11.8. The summed E-state index contributed by atoms with van der Waals surface area (Å²) in [6.45, 7) is 4.38. The second kappa shape index (κ2) is 5.92. The summed E-state index contributed by atoms with van der Waals surface area (Å²) in [5.41, 5.74) is 2.31. The minimum Gasteiger partial charge on any atom is -0.369 e. The van der Waals surface area contributed by atoms with Crippen LogP contribution in [0.3, 0.4) is 0 Å². The van der Waals surface area contributed by atoms with E-state index in [0.29, 0.717) is 0 Å². The molecule has 2 aromatic rings. The molecule has 4 nitrogen and oxygen atoms in total. The van der Waals surface area contributed by atoms with E-state index in [1.54, 1.807) is 0 Å². The zero-order chi connectivity index (χ0) is 13.8. The molecule has 2 heterocycles. The van der Waals surface area contributed by atoms with E-state index in [4.69, 9.17) is 0 Å².